The van der Waals surface area contributed by atoms with Gasteiger partial charge in [-0.3, -0.25) is 9.69 Å². The maximum Gasteiger partial charge on any atom is 0.233 e. The standard InChI is InChI=1S/C23H25BrN2O2/c24-20-3-1-2-19(15-20)23(7-8-23)22(27)26-11-9-25(10-12-26)16-17-4-5-21-18(14-17)6-13-28-21/h1-5,14-15H,6-13,16H2. The monoisotopic (exact) mass is 440 g/mol. The van der Waals surface area contributed by atoms with Crippen molar-refractivity contribution in [3.8, 4) is 5.75 Å². The first kappa shape index (κ1) is 18.2. The summed E-state index contributed by atoms with van der Waals surface area (Å²) < 4.78 is 6.65. The number of carbonyl (C=O) groups excluding carboxylic acids is 1. The predicted octanol–water partition coefficient (Wildman–Crippen LogP) is 3.76. The van der Waals surface area contributed by atoms with E-state index in [-0.39, 0.29) is 5.41 Å². The summed E-state index contributed by atoms with van der Waals surface area (Å²) in [6.45, 7) is 5.28. The Labute approximate surface area is 174 Å². The Morgan fingerprint density at radius 3 is 2.64 bits per heavy atom. The Kier molecular flexibility index (Phi) is 4.68. The SMILES string of the molecule is O=C(N1CCN(Cc2ccc3c(c2)CCO3)CC1)C1(c2cccc(Br)c2)CC1. The molecule has 3 aliphatic rings. The van der Waals surface area contributed by atoms with Crippen LogP contribution in [0.15, 0.2) is 46.9 Å². The zero-order valence-electron chi connectivity index (χ0n) is 16.0. The van der Waals surface area contributed by atoms with Crippen LogP contribution in [0.25, 0.3) is 0 Å². The van der Waals surface area contributed by atoms with Crippen LogP contribution in [-0.2, 0) is 23.2 Å². The predicted molar refractivity (Wildman–Crippen MR) is 113 cm³/mol. The summed E-state index contributed by atoms with van der Waals surface area (Å²) in [6, 6.07) is 14.8. The van der Waals surface area contributed by atoms with E-state index < -0.39 is 0 Å². The summed E-state index contributed by atoms with van der Waals surface area (Å²) in [5, 5.41) is 0. The summed E-state index contributed by atoms with van der Waals surface area (Å²) >= 11 is 3.55. The number of carbonyl (C=O) groups is 1. The lowest BCUT2D eigenvalue weighted by molar-refractivity contribution is -0.135. The van der Waals surface area contributed by atoms with Gasteiger partial charge in [0.1, 0.15) is 5.75 Å². The quantitative estimate of drug-likeness (QED) is 0.725. The molecule has 2 aliphatic heterocycles. The van der Waals surface area contributed by atoms with Gasteiger partial charge in [-0.05, 0) is 47.7 Å². The van der Waals surface area contributed by atoms with Crippen LogP contribution >= 0.6 is 15.9 Å². The first-order valence-electron chi connectivity index (χ1n) is 10.2. The minimum absolute atomic E-state index is 0.272. The van der Waals surface area contributed by atoms with Crippen LogP contribution in [0.1, 0.15) is 29.5 Å². The van der Waals surface area contributed by atoms with E-state index in [2.05, 4.69) is 56.1 Å². The van der Waals surface area contributed by atoms with Gasteiger partial charge in [0.25, 0.3) is 0 Å². The number of benzene rings is 2. The lowest BCUT2D eigenvalue weighted by Gasteiger charge is -2.36. The summed E-state index contributed by atoms with van der Waals surface area (Å²) in [4.78, 5) is 17.8. The number of hydrogen-bond donors (Lipinski definition) is 0. The van der Waals surface area contributed by atoms with E-state index in [1.165, 1.54) is 11.1 Å². The van der Waals surface area contributed by atoms with Crippen molar-refractivity contribution in [2.24, 2.45) is 0 Å². The molecule has 5 rings (SSSR count). The summed E-state index contributed by atoms with van der Waals surface area (Å²) in [5.41, 5.74) is 3.56. The van der Waals surface area contributed by atoms with Crippen LogP contribution in [0.2, 0.25) is 0 Å². The zero-order chi connectivity index (χ0) is 19.1. The van der Waals surface area contributed by atoms with Gasteiger partial charge < -0.3 is 9.64 Å². The maximum absolute atomic E-state index is 13.3. The Bertz CT molecular complexity index is 901. The lowest BCUT2D eigenvalue weighted by Crippen LogP contribution is -2.51. The molecule has 0 radical (unpaired) electrons. The fraction of sp³-hybridized carbons (Fsp3) is 0.435. The van der Waals surface area contributed by atoms with Crippen molar-refractivity contribution in [3.63, 3.8) is 0 Å². The largest absolute Gasteiger partial charge is 0.493 e. The average molecular weight is 441 g/mol. The van der Waals surface area contributed by atoms with E-state index in [4.69, 9.17) is 4.74 Å². The van der Waals surface area contributed by atoms with Crippen molar-refractivity contribution in [1.82, 2.24) is 9.80 Å². The number of rotatable bonds is 4. The molecule has 5 heteroatoms. The van der Waals surface area contributed by atoms with Gasteiger partial charge in [-0.25, -0.2) is 0 Å². The van der Waals surface area contributed by atoms with Crippen LogP contribution in [0.5, 0.6) is 5.75 Å². The van der Waals surface area contributed by atoms with Crippen LogP contribution in [0.3, 0.4) is 0 Å². The fourth-order valence-electron chi connectivity index (χ4n) is 4.55. The van der Waals surface area contributed by atoms with Gasteiger partial charge in [0.05, 0.1) is 12.0 Å². The third-order valence-electron chi connectivity index (χ3n) is 6.36. The minimum atomic E-state index is -0.272. The number of hydrogen-bond acceptors (Lipinski definition) is 3. The molecule has 4 nitrogen and oxygen atoms in total. The second-order valence-corrected chi connectivity index (χ2v) is 9.12. The Hall–Kier alpha value is -1.85. The topological polar surface area (TPSA) is 32.8 Å². The molecular weight excluding hydrogens is 416 g/mol. The Morgan fingerprint density at radius 1 is 1.07 bits per heavy atom. The highest BCUT2D eigenvalue weighted by Gasteiger charge is 2.53. The molecule has 146 valence electrons. The normalized spacial score (nSPS) is 20.5. The molecular formula is C23H25BrN2O2. The maximum atomic E-state index is 13.3. The molecule has 0 unspecified atom stereocenters. The highest BCUT2D eigenvalue weighted by molar-refractivity contribution is 9.10. The molecule has 2 aromatic rings. The molecule has 1 aliphatic carbocycles. The van der Waals surface area contributed by atoms with Crippen molar-refractivity contribution >= 4 is 21.8 Å². The molecule has 2 fully saturated rings. The van der Waals surface area contributed by atoms with E-state index >= 15 is 0 Å². The van der Waals surface area contributed by atoms with E-state index in [1.54, 1.807) is 0 Å². The van der Waals surface area contributed by atoms with Gasteiger partial charge in [-0.15, -0.1) is 0 Å². The van der Waals surface area contributed by atoms with Gasteiger partial charge in [0.2, 0.25) is 5.91 Å². The Balaban J connectivity index is 1.21. The van der Waals surface area contributed by atoms with E-state index in [9.17, 15) is 4.79 Å². The highest BCUT2D eigenvalue weighted by Crippen LogP contribution is 2.50. The number of ether oxygens (including phenoxy) is 1. The highest BCUT2D eigenvalue weighted by atomic mass is 79.9. The van der Waals surface area contributed by atoms with Gasteiger partial charge in [-0.2, -0.15) is 0 Å². The fourth-order valence-corrected chi connectivity index (χ4v) is 4.94. The summed E-state index contributed by atoms with van der Waals surface area (Å²) in [6.07, 6.45) is 2.96. The molecule has 1 saturated carbocycles. The number of nitrogens with zero attached hydrogens (tertiary/aromatic N) is 2. The van der Waals surface area contributed by atoms with Crippen LogP contribution in [0.4, 0.5) is 0 Å². The first-order valence-corrected chi connectivity index (χ1v) is 11.0. The van der Waals surface area contributed by atoms with Gasteiger partial charge in [0, 0.05) is 43.6 Å². The number of halogens is 1. The molecule has 0 atom stereocenters. The van der Waals surface area contributed by atoms with Gasteiger partial charge in [0.15, 0.2) is 0 Å². The van der Waals surface area contributed by atoms with E-state index in [0.29, 0.717) is 5.91 Å². The van der Waals surface area contributed by atoms with Crippen molar-refractivity contribution in [1.29, 1.82) is 0 Å². The Morgan fingerprint density at radius 2 is 1.89 bits per heavy atom. The molecule has 28 heavy (non-hydrogen) atoms. The lowest BCUT2D eigenvalue weighted by atomic mass is 9.94. The number of piperazine rings is 1. The van der Waals surface area contributed by atoms with Crippen molar-refractivity contribution in [3.05, 3.63) is 63.6 Å². The number of amides is 1. The smallest absolute Gasteiger partial charge is 0.233 e. The zero-order valence-corrected chi connectivity index (χ0v) is 17.6. The molecule has 0 N–H and O–H groups in total. The summed E-state index contributed by atoms with van der Waals surface area (Å²) in [7, 11) is 0. The third kappa shape index (κ3) is 3.35. The first-order chi connectivity index (χ1) is 13.6. The minimum Gasteiger partial charge on any atom is -0.493 e. The molecule has 1 amide bonds. The van der Waals surface area contributed by atoms with E-state index in [1.807, 2.05) is 12.1 Å². The second-order valence-electron chi connectivity index (χ2n) is 8.20. The molecule has 0 bridgehead atoms. The molecule has 2 aromatic carbocycles. The van der Waals surface area contributed by atoms with Gasteiger partial charge >= 0.3 is 0 Å². The van der Waals surface area contributed by atoms with E-state index in [0.717, 1.165) is 74.4 Å². The summed E-state index contributed by atoms with van der Waals surface area (Å²) in [5.74, 6) is 1.36. The van der Waals surface area contributed by atoms with Crippen LogP contribution < -0.4 is 4.74 Å². The molecule has 2 heterocycles. The van der Waals surface area contributed by atoms with Crippen LogP contribution in [0, 0.1) is 0 Å². The molecule has 0 aromatic heterocycles. The van der Waals surface area contributed by atoms with Crippen molar-refractivity contribution < 1.29 is 9.53 Å². The third-order valence-corrected chi connectivity index (χ3v) is 6.85. The van der Waals surface area contributed by atoms with Crippen molar-refractivity contribution in [2.45, 2.75) is 31.2 Å². The van der Waals surface area contributed by atoms with Crippen LogP contribution in [-0.4, -0.2) is 48.5 Å². The number of fused-ring (bicyclic) bond motifs is 1. The molecule has 0 spiro atoms. The second kappa shape index (κ2) is 7.20. The average Bonchev–Trinajstić information content (AvgIpc) is 3.40. The molecule has 1 saturated heterocycles. The van der Waals surface area contributed by atoms with Gasteiger partial charge in [-0.1, -0.05) is 40.2 Å². The van der Waals surface area contributed by atoms with Crippen molar-refractivity contribution in [2.75, 3.05) is 32.8 Å².